The van der Waals surface area contributed by atoms with E-state index in [-0.39, 0.29) is 6.10 Å². The zero-order valence-electron chi connectivity index (χ0n) is 14.1. The summed E-state index contributed by atoms with van der Waals surface area (Å²) in [5.74, 6) is -0.0469. The fraction of sp³-hybridized carbons (Fsp3) is 0.421. The average molecular weight is 316 g/mol. The summed E-state index contributed by atoms with van der Waals surface area (Å²) in [6, 6.07) is 11.5. The molecule has 0 radical (unpaired) electrons. The Labute approximate surface area is 137 Å². The van der Waals surface area contributed by atoms with Gasteiger partial charge in [-0.1, -0.05) is 24.3 Å². The largest absolute Gasteiger partial charge is 0.497 e. The van der Waals surface area contributed by atoms with Crippen LogP contribution in [0.15, 0.2) is 36.4 Å². The van der Waals surface area contributed by atoms with E-state index in [1.54, 1.807) is 14.0 Å². The molecule has 2 rings (SSSR count). The maximum atomic E-state index is 11.9. The monoisotopic (exact) mass is 316 g/mol. The van der Waals surface area contributed by atoms with Crippen molar-refractivity contribution in [2.45, 2.75) is 38.7 Å². The number of carbonyl (C=O) groups is 1. The molecule has 0 fully saturated rings. The van der Waals surface area contributed by atoms with Crippen molar-refractivity contribution in [1.82, 2.24) is 0 Å². The van der Waals surface area contributed by atoms with Crippen molar-refractivity contribution in [2.75, 3.05) is 13.7 Å². The lowest BCUT2D eigenvalue weighted by Gasteiger charge is -2.26. The van der Waals surface area contributed by atoms with Gasteiger partial charge >= 0.3 is 5.97 Å². The molecule has 0 spiro atoms. The Morgan fingerprint density at radius 2 is 1.83 bits per heavy atom. The van der Waals surface area contributed by atoms with Crippen LogP contribution in [0.5, 0.6) is 5.75 Å². The molecule has 124 valence electrons. The first-order chi connectivity index (χ1) is 10.9. The van der Waals surface area contributed by atoms with Crippen molar-refractivity contribution < 1.29 is 19.4 Å². The highest BCUT2D eigenvalue weighted by Crippen LogP contribution is 2.32. The third kappa shape index (κ3) is 3.82. The van der Waals surface area contributed by atoms with Crippen LogP contribution in [0.2, 0.25) is 0 Å². The molecule has 2 aromatic rings. The lowest BCUT2D eigenvalue weighted by molar-refractivity contribution is -0.144. The molecule has 1 N–H and O–H groups in total. The number of hydrogen-bond donors (Lipinski definition) is 1. The van der Waals surface area contributed by atoms with Crippen molar-refractivity contribution in [3.05, 3.63) is 42.0 Å². The van der Waals surface area contributed by atoms with Crippen molar-refractivity contribution >= 4 is 16.7 Å². The summed E-state index contributed by atoms with van der Waals surface area (Å²) in [5.41, 5.74) is -0.182. The van der Waals surface area contributed by atoms with Gasteiger partial charge in [-0.05, 0) is 55.7 Å². The van der Waals surface area contributed by atoms with E-state index < -0.39 is 11.4 Å². The van der Waals surface area contributed by atoms with Gasteiger partial charge in [0, 0.05) is 6.61 Å². The van der Waals surface area contributed by atoms with E-state index in [9.17, 15) is 9.90 Å². The number of methoxy groups -OCH3 is 1. The molecule has 0 heterocycles. The summed E-state index contributed by atoms with van der Waals surface area (Å²) in [5, 5.41) is 11.8. The van der Waals surface area contributed by atoms with Crippen molar-refractivity contribution in [3.8, 4) is 5.75 Å². The first kappa shape index (κ1) is 17.3. The number of carboxylic acids is 1. The van der Waals surface area contributed by atoms with E-state index in [0.29, 0.717) is 13.0 Å². The highest BCUT2D eigenvalue weighted by atomic mass is 16.5. The Morgan fingerprint density at radius 3 is 2.43 bits per heavy atom. The minimum Gasteiger partial charge on any atom is -0.497 e. The molecular formula is C19H24O4. The maximum absolute atomic E-state index is 11.9. The zero-order chi connectivity index (χ0) is 17.0. The summed E-state index contributed by atoms with van der Waals surface area (Å²) in [7, 11) is 1.63. The molecule has 0 aliphatic heterocycles. The number of rotatable bonds is 7. The Kier molecular flexibility index (Phi) is 5.26. The van der Waals surface area contributed by atoms with Crippen LogP contribution in [0.1, 0.15) is 32.8 Å². The predicted molar refractivity (Wildman–Crippen MR) is 91.2 cm³/mol. The third-order valence-electron chi connectivity index (χ3n) is 4.21. The van der Waals surface area contributed by atoms with Gasteiger partial charge in [-0.25, -0.2) is 0 Å². The number of fused-ring (bicyclic) bond motifs is 1. The highest BCUT2D eigenvalue weighted by Gasteiger charge is 2.35. The molecule has 0 aliphatic rings. The lowest BCUT2D eigenvalue weighted by atomic mass is 9.79. The van der Waals surface area contributed by atoms with Gasteiger partial charge in [0.15, 0.2) is 0 Å². The minimum atomic E-state index is -0.969. The fourth-order valence-electron chi connectivity index (χ4n) is 2.57. The lowest BCUT2D eigenvalue weighted by Crippen LogP contribution is -2.34. The van der Waals surface area contributed by atoms with E-state index in [1.807, 2.05) is 50.2 Å². The molecule has 4 heteroatoms. The van der Waals surface area contributed by atoms with Crippen LogP contribution in [0, 0.1) is 0 Å². The number of hydrogen-bond acceptors (Lipinski definition) is 3. The second kappa shape index (κ2) is 7.01. The highest BCUT2D eigenvalue weighted by molar-refractivity contribution is 5.88. The van der Waals surface area contributed by atoms with Gasteiger partial charge in [-0.2, -0.15) is 0 Å². The molecular weight excluding hydrogens is 292 g/mol. The summed E-state index contributed by atoms with van der Waals surface area (Å²) in [6.07, 6.45) is 0.527. The molecule has 0 unspecified atom stereocenters. The van der Waals surface area contributed by atoms with Gasteiger partial charge < -0.3 is 14.6 Å². The average Bonchev–Trinajstić information content (AvgIpc) is 2.53. The Hall–Kier alpha value is -2.07. The minimum absolute atomic E-state index is 0.0945. The molecule has 0 aromatic heterocycles. The Morgan fingerprint density at radius 1 is 1.17 bits per heavy atom. The summed E-state index contributed by atoms with van der Waals surface area (Å²) < 4.78 is 10.8. The van der Waals surface area contributed by atoms with Gasteiger partial charge in [0.2, 0.25) is 0 Å². The van der Waals surface area contributed by atoms with Crippen LogP contribution < -0.4 is 4.74 Å². The first-order valence-corrected chi connectivity index (χ1v) is 7.80. The molecule has 4 nitrogen and oxygen atoms in total. The molecule has 0 aliphatic carbocycles. The second-order valence-corrected chi connectivity index (χ2v) is 6.23. The van der Waals surface area contributed by atoms with E-state index in [2.05, 4.69) is 0 Å². The van der Waals surface area contributed by atoms with Crippen molar-refractivity contribution in [3.63, 3.8) is 0 Å². The number of benzene rings is 2. The van der Waals surface area contributed by atoms with Crippen LogP contribution in [0.25, 0.3) is 10.8 Å². The quantitative estimate of drug-likeness (QED) is 0.838. The Balaban J connectivity index is 2.35. The number of carboxylic acid groups (broad SMARTS) is 1. The summed E-state index contributed by atoms with van der Waals surface area (Å²) in [6.45, 7) is 6.06. The Bertz CT molecular complexity index is 693. The van der Waals surface area contributed by atoms with E-state index in [4.69, 9.17) is 9.47 Å². The normalized spacial score (nSPS) is 14.0. The summed E-state index contributed by atoms with van der Waals surface area (Å²) >= 11 is 0. The van der Waals surface area contributed by atoms with E-state index >= 15 is 0 Å². The summed E-state index contributed by atoms with van der Waals surface area (Å²) in [4.78, 5) is 11.9. The number of ether oxygens (including phenoxy) is 2. The first-order valence-electron chi connectivity index (χ1n) is 7.80. The predicted octanol–water partition coefficient (Wildman–Crippen LogP) is 4.01. The van der Waals surface area contributed by atoms with E-state index in [0.717, 1.165) is 22.1 Å². The molecule has 0 saturated carbocycles. The molecule has 23 heavy (non-hydrogen) atoms. The topological polar surface area (TPSA) is 55.8 Å². The fourth-order valence-corrected chi connectivity index (χ4v) is 2.57. The van der Waals surface area contributed by atoms with Gasteiger partial charge in [0.05, 0.1) is 18.6 Å². The van der Waals surface area contributed by atoms with Crippen LogP contribution in [0.4, 0.5) is 0 Å². The molecule has 1 atom stereocenters. The van der Waals surface area contributed by atoms with Gasteiger partial charge in [0.25, 0.3) is 0 Å². The van der Waals surface area contributed by atoms with Crippen molar-refractivity contribution in [1.29, 1.82) is 0 Å². The van der Waals surface area contributed by atoms with Gasteiger partial charge in [-0.15, -0.1) is 0 Å². The van der Waals surface area contributed by atoms with Crippen LogP contribution >= 0.6 is 0 Å². The zero-order valence-corrected chi connectivity index (χ0v) is 14.1. The third-order valence-corrected chi connectivity index (χ3v) is 4.21. The number of aliphatic carboxylic acids is 1. The van der Waals surface area contributed by atoms with Crippen LogP contribution in [0.3, 0.4) is 0 Å². The molecule has 2 aromatic carbocycles. The van der Waals surface area contributed by atoms with E-state index in [1.165, 1.54) is 0 Å². The SMILES string of the molecule is COc1ccc2cc([C@@](C)(CCOC(C)C)C(=O)O)ccc2c1. The maximum Gasteiger partial charge on any atom is 0.313 e. The molecule has 0 bridgehead atoms. The van der Waals surface area contributed by atoms with Gasteiger partial charge in [-0.3, -0.25) is 4.79 Å². The van der Waals surface area contributed by atoms with Crippen LogP contribution in [-0.4, -0.2) is 30.9 Å². The van der Waals surface area contributed by atoms with Crippen LogP contribution in [-0.2, 0) is 14.9 Å². The van der Waals surface area contributed by atoms with Crippen molar-refractivity contribution in [2.24, 2.45) is 0 Å². The second-order valence-electron chi connectivity index (χ2n) is 6.23. The molecule has 0 saturated heterocycles. The molecule has 0 amide bonds. The van der Waals surface area contributed by atoms with Gasteiger partial charge in [0.1, 0.15) is 5.75 Å². The smallest absolute Gasteiger partial charge is 0.313 e. The standard InChI is InChI=1S/C19H24O4/c1-13(2)23-10-9-19(3,18(20)21)16-7-5-15-12-17(22-4)8-6-14(15)11-16/h5-8,11-13H,9-10H2,1-4H3,(H,20,21)/t19-/m1/s1.